The first-order valence-electron chi connectivity index (χ1n) is 9.29. The molecule has 128 valence electrons. The van der Waals surface area contributed by atoms with Gasteiger partial charge in [-0.15, -0.1) is 0 Å². The quantitative estimate of drug-likeness (QED) is 0.752. The number of nitrogens with zero attached hydrogens (tertiary/aromatic N) is 1. The van der Waals surface area contributed by atoms with Gasteiger partial charge >= 0.3 is 0 Å². The Kier molecular flexibility index (Phi) is 3.47. The van der Waals surface area contributed by atoms with Crippen molar-refractivity contribution in [1.29, 1.82) is 0 Å². The van der Waals surface area contributed by atoms with Gasteiger partial charge in [0.05, 0.1) is 6.10 Å². The number of H-pyrrole nitrogens is 1. The number of piperidine rings is 1. The van der Waals surface area contributed by atoms with Gasteiger partial charge in [-0.1, -0.05) is 30.3 Å². The molecule has 3 heteroatoms. The average Bonchev–Trinajstić information content (AvgIpc) is 3.20. The van der Waals surface area contributed by atoms with E-state index < -0.39 is 0 Å². The first-order chi connectivity index (χ1) is 12.2. The summed E-state index contributed by atoms with van der Waals surface area (Å²) < 4.78 is 0. The number of aromatic nitrogens is 1. The first kappa shape index (κ1) is 15.2. The second-order valence-corrected chi connectivity index (χ2v) is 7.71. The fourth-order valence-corrected chi connectivity index (χ4v) is 4.94. The van der Waals surface area contributed by atoms with E-state index in [1.807, 2.05) is 6.20 Å². The Bertz CT molecular complexity index is 905. The molecule has 2 heterocycles. The zero-order valence-electron chi connectivity index (χ0n) is 14.4. The van der Waals surface area contributed by atoms with E-state index >= 15 is 0 Å². The van der Waals surface area contributed by atoms with E-state index in [-0.39, 0.29) is 11.5 Å². The van der Waals surface area contributed by atoms with Crippen molar-refractivity contribution in [2.24, 2.45) is 0 Å². The number of nitrogens with one attached hydrogen (secondary N) is 1. The Balaban J connectivity index is 1.33. The zero-order valence-corrected chi connectivity index (χ0v) is 14.4. The van der Waals surface area contributed by atoms with Crippen molar-refractivity contribution in [3.8, 4) is 0 Å². The van der Waals surface area contributed by atoms with Gasteiger partial charge in [0.1, 0.15) is 0 Å². The fourth-order valence-electron chi connectivity index (χ4n) is 4.94. The van der Waals surface area contributed by atoms with Crippen LogP contribution in [-0.2, 0) is 18.4 Å². The summed E-state index contributed by atoms with van der Waals surface area (Å²) in [5, 5.41) is 12.1. The minimum atomic E-state index is -0.219. The molecule has 1 atom stereocenters. The van der Waals surface area contributed by atoms with Crippen LogP contribution in [0.1, 0.15) is 29.5 Å². The Morgan fingerprint density at radius 3 is 2.80 bits per heavy atom. The van der Waals surface area contributed by atoms with Gasteiger partial charge in [0, 0.05) is 23.7 Å². The van der Waals surface area contributed by atoms with E-state index in [2.05, 4.69) is 58.4 Å². The second kappa shape index (κ2) is 5.72. The molecule has 3 nitrogen and oxygen atoms in total. The third-order valence-electron chi connectivity index (χ3n) is 6.38. The van der Waals surface area contributed by atoms with E-state index in [0.717, 1.165) is 38.9 Å². The van der Waals surface area contributed by atoms with E-state index in [1.54, 1.807) is 0 Å². The molecule has 1 spiro atoms. The Morgan fingerprint density at radius 1 is 1.08 bits per heavy atom. The molecule has 0 saturated carbocycles. The summed E-state index contributed by atoms with van der Waals surface area (Å²) in [4.78, 5) is 5.79. The van der Waals surface area contributed by atoms with E-state index in [9.17, 15) is 5.11 Å². The lowest BCUT2D eigenvalue weighted by atomic mass is 9.72. The Labute approximate surface area is 148 Å². The molecule has 5 rings (SSSR count). The summed E-state index contributed by atoms with van der Waals surface area (Å²) >= 11 is 0. The average molecular weight is 332 g/mol. The number of likely N-dealkylation sites (tertiary alicyclic amines) is 1. The van der Waals surface area contributed by atoms with Gasteiger partial charge in [0.2, 0.25) is 0 Å². The van der Waals surface area contributed by atoms with Gasteiger partial charge in [-0.2, -0.15) is 0 Å². The molecular formula is C22H24N2O. The van der Waals surface area contributed by atoms with Crippen LogP contribution in [0.15, 0.2) is 54.7 Å². The van der Waals surface area contributed by atoms with Gasteiger partial charge in [0.15, 0.2) is 0 Å². The summed E-state index contributed by atoms with van der Waals surface area (Å²) in [5.74, 6) is 0. The molecule has 1 fully saturated rings. The summed E-state index contributed by atoms with van der Waals surface area (Å²) in [5.41, 5.74) is 5.30. The number of aromatic amines is 1. The predicted molar refractivity (Wildman–Crippen MR) is 101 cm³/mol. The molecule has 2 aliphatic rings. The highest BCUT2D eigenvalue weighted by molar-refractivity contribution is 5.79. The van der Waals surface area contributed by atoms with Gasteiger partial charge < -0.3 is 10.1 Å². The Hall–Kier alpha value is -2.10. The third-order valence-corrected chi connectivity index (χ3v) is 6.38. The van der Waals surface area contributed by atoms with Crippen LogP contribution in [0.4, 0.5) is 0 Å². The van der Waals surface area contributed by atoms with Crippen molar-refractivity contribution >= 4 is 10.9 Å². The molecule has 25 heavy (non-hydrogen) atoms. The van der Waals surface area contributed by atoms with Crippen LogP contribution in [-0.4, -0.2) is 34.2 Å². The molecule has 0 amide bonds. The van der Waals surface area contributed by atoms with Crippen LogP contribution >= 0.6 is 0 Å². The minimum Gasteiger partial charge on any atom is -0.392 e. The zero-order chi connectivity index (χ0) is 16.9. The molecule has 0 unspecified atom stereocenters. The van der Waals surface area contributed by atoms with Gasteiger partial charge in [0.25, 0.3) is 0 Å². The van der Waals surface area contributed by atoms with Crippen LogP contribution in [0.2, 0.25) is 0 Å². The molecule has 2 aromatic carbocycles. The lowest BCUT2D eigenvalue weighted by Crippen LogP contribution is -2.47. The fraction of sp³-hybridized carbons (Fsp3) is 0.364. The summed E-state index contributed by atoms with van der Waals surface area (Å²) in [6, 6.07) is 17.5. The standard InChI is InChI=1S/C22H24N2O/c25-21-14-17-3-1-2-4-19(17)22(21)8-11-24(12-9-22)15-16-5-6-20-18(13-16)7-10-23-20/h1-7,10,13,21,23,25H,8-9,11-12,14-15H2/t21-/m0/s1. The SMILES string of the molecule is O[C@H]1Cc2ccccc2C12CCN(Cc1ccc3[nH]ccc3c1)CC2. The highest BCUT2D eigenvalue weighted by Crippen LogP contribution is 2.46. The van der Waals surface area contributed by atoms with Crippen molar-refractivity contribution in [1.82, 2.24) is 9.88 Å². The largest absolute Gasteiger partial charge is 0.392 e. The molecule has 1 aliphatic heterocycles. The number of aliphatic hydroxyl groups is 1. The first-order valence-corrected chi connectivity index (χ1v) is 9.29. The molecule has 2 N–H and O–H groups in total. The number of hydrogen-bond donors (Lipinski definition) is 2. The van der Waals surface area contributed by atoms with Crippen LogP contribution in [0.25, 0.3) is 10.9 Å². The van der Waals surface area contributed by atoms with Crippen LogP contribution in [0.3, 0.4) is 0 Å². The van der Waals surface area contributed by atoms with Gasteiger partial charge in [-0.05, 0) is 72.6 Å². The molecule has 0 bridgehead atoms. The van der Waals surface area contributed by atoms with E-state index in [0.29, 0.717) is 0 Å². The lowest BCUT2D eigenvalue weighted by molar-refractivity contribution is 0.0414. The monoisotopic (exact) mass is 332 g/mol. The highest BCUT2D eigenvalue weighted by Gasteiger charge is 2.47. The van der Waals surface area contributed by atoms with Crippen LogP contribution in [0.5, 0.6) is 0 Å². The molecule has 1 aliphatic carbocycles. The maximum Gasteiger partial charge on any atom is 0.0678 e. The van der Waals surface area contributed by atoms with Gasteiger partial charge in [-0.25, -0.2) is 0 Å². The highest BCUT2D eigenvalue weighted by atomic mass is 16.3. The van der Waals surface area contributed by atoms with Crippen molar-refractivity contribution < 1.29 is 5.11 Å². The summed E-state index contributed by atoms with van der Waals surface area (Å²) in [6.45, 7) is 3.10. The molecule has 0 radical (unpaired) electrons. The summed E-state index contributed by atoms with van der Waals surface area (Å²) in [7, 11) is 0. The van der Waals surface area contributed by atoms with Crippen molar-refractivity contribution in [2.45, 2.75) is 37.3 Å². The number of benzene rings is 2. The molecule has 1 saturated heterocycles. The molecule has 3 aromatic rings. The number of fused-ring (bicyclic) bond motifs is 3. The third kappa shape index (κ3) is 2.42. The van der Waals surface area contributed by atoms with Crippen LogP contribution in [0, 0.1) is 0 Å². The lowest BCUT2D eigenvalue weighted by Gasteiger charge is -2.42. The normalized spacial score (nSPS) is 22.5. The maximum absolute atomic E-state index is 10.8. The second-order valence-electron chi connectivity index (χ2n) is 7.71. The minimum absolute atomic E-state index is 0.0162. The van der Waals surface area contributed by atoms with Crippen LogP contribution < -0.4 is 0 Å². The topological polar surface area (TPSA) is 39.3 Å². The molecular weight excluding hydrogens is 308 g/mol. The maximum atomic E-state index is 10.8. The number of rotatable bonds is 2. The summed E-state index contributed by atoms with van der Waals surface area (Å²) in [6.07, 6.45) is 4.70. The van der Waals surface area contributed by atoms with E-state index in [4.69, 9.17) is 0 Å². The smallest absolute Gasteiger partial charge is 0.0678 e. The Morgan fingerprint density at radius 2 is 1.92 bits per heavy atom. The predicted octanol–water partition coefficient (Wildman–Crippen LogP) is 3.62. The number of hydrogen-bond acceptors (Lipinski definition) is 2. The van der Waals surface area contributed by atoms with Gasteiger partial charge in [-0.3, -0.25) is 4.90 Å². The number of aliphatic hydroxyl groups excluding tert-OH is 1. The molecule has 1 aromatic heterocycles. The van der Waals surface area contributed by atoms with E-state index in [1.165, 1.54) is 27.6 Å². The van der Waals surface area contributed by atoms with Crippen molar-refractivity contribution in [3.63, 3.8) is 0 Å². The van der Waals surface area contributed by atoms with Crippen molar-refractivity contribution in [3.05, 3.63) is 71.4 Å². The van der Waals surface area contributed by atoms with Crippen molar-refractivity contribution in [2.75, 3.05) is 13.1 Å².